The molecule has 0 rings (SSSR count). The molecule has 98 valence electrons. The quantitative estimate of drug-likeness (QED) is 0.494. The largest absolute Gasteiger partial charge is 0.155 e. The molecule has 1 unspecified atom stereocenters. The SMILES string of the molecule is C=CC(C)(CCC=C(C)CCC=C(C)C)SC. The summed E-state index contributed by atoms with van der Waals surface area (Å²) in [4.78, 5) is 0. The summed E-state index contributed by atoms with van der Waals surface area (Å²) in [6.07, 6.45) is 13.6. The molecule has 0 amide bonds. The molecule has 0 saturated carbocycles. The van der Waals surface area contributed by atoms with Crippen molar-refractivity contribution in [2.45, 2.75) is 58.1 Å². The zero-order valence-electron chi connectivity index (χ0n) is 12.2. The van der Waals surface area contributed by atoms with E-state index in [-0.39, 0.29) is 4.75 Å². The molecule has 0 N–H and O–H groups in total. The Morgan fingerprint density at radius 1 is 1.18 bits per heavy atom. The molecule has 0 aromatic rings. The van der Waals surface area contributed by atoms with Crippen molar-refractivity contribution in [3.63, 3.8) is 0 Å². The molecule has 17 heavy (non-hydrogen) atoms. The van der Waals surface area contributed by atoms with E-state index in [1.165, 1.54) is 30.4 Å². The van der Waals surface area contributed by atoms with Crippen LogP contribution in [0.3, 0.4) is 0 Å². The first-order chi connectivity index (χ1) is 7.93. The van der Waals surface area contributed by atoms with Crippen molar-refractivity contribution >= 4 is 11.8 Å². The van der Waals surface area contributed by atoms with Crippen molar-refractivity contribution in [2.24, 2.45) is 0 Å². The molecule has 0 nitrogen and oxygen atoms in total. The van der Waals surface area contributed by atoms with Crippen molar-refractivity contribution in [1.82, 2.24) is 0 Å². The Labute approximate surface area is 112 Å². The van der Waals surface area contributed by atoms with Gasteiger partial charge in [-0.15, -0.1) is 6.58 Å². The van der Waals surface area contributed by atoms with E-state index in [0.717, 1.165) is 6.42 Å². The van der Waals surface area contributed by atoms with Gasteiger partial charge in [0.25, 0.3) is 0 Å². The third-order valence-corrected chi connectivity index (χ3v) is 4.43. The van der Waals surface area contributed by atoms with Gasteiger partial charge in [-0.25, -0.2) is 0 Å². The van der Waals surface area contributed by atoms with Gasteiger partial charge in [0, 0.05) is 4.75 Å². The topological polar surface area (TPSA) is 0 Å². The van der Waals surface area contributed by atoms with Crippen LogP contribution in [0.1, 0.15) is 53.4 Å². The average Bonchev–Trinajstić information content (AvgIpc) is 2.28. The molecular weight excluding hydrogens is 224 g/mol. The number of rotatable bonds is 8. The average molecular weight is 252 g/mol. The molecule has 1 heteroatoms. The summed E-state index contributed by atoms with van der Waals surface area (Å²) >= 11 is 1.89. The van der Waals surface area contributed by atoms with Gasteiger partial charge in [-0.3, -0.25) is 0 Å². The molecule has 0 radical (unpaired) electrons. The van der Waals surface area contributed by atoms with Crippen LogP contribution in [0, 0.1) is 0 Å². The van der Waals surface area contributed by atoms with Gasteiger partial charge in [-0.2, -0.15) is 11.8 Å². The molecular formula is C16H28S. The minimum absolute atomic E-state index is 0.233. The van der Waals surface area contributed by atoms with Gasteiger partial charge in [0.2, 0.25) is 0 Å². The molecule has 0 heterocycles. The van der Waals surface area contributed by atoms with E-state index in [1.807, 2.05) is 11.8 Å². The number of thioether (sulfide) groups is 1. The molecule has 0 bridgehead atoms. The Morgan fingerprint density at radius 3 is 2.29 bits per heavy atom. The third kappa shape index (κ3) is 8.31. The van der Waals surface area contributed by atoms with Gasteiger partial charge in [0.1, 0.15) is 0 Å². The highest BCUT2D eigenvalue weighted by Crippen LogP contribution is 2.29. The Balaban J connectivity index is 3.99. The summed E-state index contributed by atoms with van der Waals surface area (Å²) < 4.78 is 0.233. The lowest BCUT2D eigenvalue weighted by Crippen LogP contribution is -2.14. The van der Waals surface area contributed by atoms with Gasteiger partial charge < -0.3 is 0 Å². The summed E-state index contributed by atoms with van der Waals surface area (Å²) in [5, 5.41) is 0. The molecule has 0 saturated heterocycles. The Morgan fingerprint density at radius 2 is 1.82 bits per heavy atom. The zero-order chi connectivity index (χ0) is 13.3. The predicted octanol–water partition coefficient (Wildman–Crippen LogP) is 5.77. The normalized spacial score (nSPS) is 15.2. The summed E-state index contributed by atoms with van der Waals surface area (Å²) in [5.41, 5.74) is 2.93. The standard InChI is InChI=1S/C16H28S/c1-7-16(5,17-6)13-9-12-15(4)11-8-10-14(2)3/h7,10,12H,1,8-9,11,13H2,2-6H3. The molecule has 0 aromatic heterocycles. The van der Waals surface area contributed by atoms with E-state index in [1.54, 1.807) is 0 Å². The zero-order valence-corrected chi connectivity index (χ0v) is 13.0. The molecule has 0 aliphatic rings. The Bertz CT molecular complexity index is 282. The highest BCUT2D eigenvalue weighted by molar-refractivity contribution is 8.00. The fourth-order valence-corrected chi connectivity index (χ4v) is 2.07. The van der Waals surface area contributed by atoms with Gasteiger partial charge in [0.15, 0.2) is 0 Å². The van der Waals surface area contributed by atoms with Gasteiger partial charge >= 0.3 is 0 Å². The monoisotopic (exact) mass is 252 g/mol. The molecule has 0 aromatic carbocycles. The van der Waals surface area contributed by atoms with Crippen molar-refractivity contribution < 1.29 is 0 Å². The summed E-state index contributed by atoms with van der Waals surface area (Å²) in [6.45, 7) is 12.7. The van der Waals surface area contributed by atoms with Crippen LogP contribution in [0.2, 0.25) is 0 Å². The Hall–Kier alpha value is -0.430. The second-order valence-electron chi connectivity index (χ2n) is 5.13. The van der Waals surface area contributed by atoms with Gasteiger partial charge in [-0.05, 0) is 59.6 Å². The Kier molecular flexibility index (Phi) is 8.41. The second kappa shape index (κ2) is 8.63. The van der Waals surface area contributed by atoms with Crippen molar-refractivity contribution in [2.75, 3.05) is 6.26 Å². The van der Waals surface area contributed by atoms with Gasteiger partial charge in [-0.1, -0.05) is 29.4 Å². The van der Waals surface area contributed by atoms with Crippen LogP contribution >= 0.6 is 11.8 Å². The number of hydrogen-bond acceptors (Lipinski definition) is 1. The van der Waals surface area contributed by atoms with E-state index in [2.05, 4.69) is 58.8 Å². The lowest BCUT2D eigenvalue weighted by molar-refractivity contribution is 0.708. The smallest absolute Gasteiger partial charge is 0.0308 e. The summed E-state index contributed by atoms with van der Waals surface area (Å²) in [6, 6.07) is 0. The van der Waals surface area contributed by atoms with E-state index < -0.39 is 0 Å². The minimum Gasteiger partial charge on any atom is -0.155 e. The molecule has 0 aliphatic heterocycles. The fraction of sp³-hybridized carbons (Fsp3) is 0.625. The number of allylic oxidation sites excluding steroid dienone is 4. The highest BCUT2D eigenvalue weighted by Gasteiger charge is 2.16. The summed E-state index contributed by atoms with van der Waals surface area (Å²) in [5.74, 6) is 0. The first-order valence-corrected chi connectivity index (χ1v) is 7.63. The molecule has 1 atom stereocenters. The maximum Gasteiger partial charge on any atom is 0.0308 e. The van der Waals surface area contributed by atoms with Crippen LogP contribution in [-0.2, 0) is 0 Å². The minimum atomic E-state index is 0.233. The predicted molar refractivity (Wildman–Crippen MR) is 83.8 cm³/mol. The molecule has 0 aliphatic carbocycles. The summed E-state index contributed by atoms with van der Waals surface area (Å²) in [7, 11) is 0. The third-order valence-electron chi connectivity index (χ3n) is 3.12. The van der Waals surface area contributed by atoms with Crippen LogP contribution in [0.15, 0.2) is 36.0 Å². The fourth-order valence-electron chi connectivity index (χ4n) is 1.58. The van der Waals surface area contributed by atoms with Crippen LogP contribution in [0.4, 0.5) is 0 Å². The lowest BCUT2D eigenvalue weighted by Gasteiger charge is -2.22. The van der Waals surface area contributed by atoms with E-state index in [4.69, 9.17) is 0 Å². The van der Waals surface area contributed by atoms with Crippen LogP contribution in [0.25, 0.3) is 0 Å². The molecule has 0 spiro atoms. The van der Waals surface area contributed by atoms with E-state index >= 15 is 0 Å². The van der Waals surface area contributed by atoms with Crippen LogP contribution < -0.4 is 0 Å². The number of hydrogen-bond donors (Lipinski definition) is 0. The van der Waals surface area contributed by atoms with E-state index in [9.17, 15) is 0 Å². The van der Waals surface area contributed by atoms with Crippen molar-refractivity contribution in [3.8, 4) is 0 Å². The van der Waals surface area contributed by atoms with Crippen molar-refractivity contribution in [3.05, 3.63) is 36.0 Å². The maximum atomic E-state index is 3.92. The van der Waals surface area contributed by atoms with Crippen molar-refractivity contribution in [1.29, 1.82) is 0 Å². The second-order valence-corrected chi connectivity index (χ2v) is 6.47. The van der Waals surface area contributed by atoms with Crippen LogP contribution in [-0.4, -0.2) is 11.0 Å². The molecule has 0 fully saturated rings. The first kappa shape index (κ1) is 16.6. The lowest BCUT2D eigenvalue weighted by atomic mass is 10.0. The highest BCUT2D eigenvalue weighted by atomic mass is 32.2. The maximum absolute atomic E-state index is 3.92. The van der Waals surface area contributed by atoms with Crippen LogP contribution in [0.5, 0.6) is 0 Å². The van der Waals surface area contributed by atoms with Gasteiger partial charge in [0.05, 0.1) is 0 Å². The van der Waals surface area contributed by atoms with E-state index in [0.29, 0.717) is 0 Å². The first-order valence-electron chi connectivity index (χ1n) is 6.41.